The van der Waals surface area contributed by atoms with Crippen molar-refractivity contribution in [2.24, 2.45) is 0 Å². The van der Waals surface area contributed by atoms with Crippen LogP contribution >= 0.6 is 0 Å². The van der Waals surface area contributed by atoms with Crippen molar-refractivity contribution in [2.75, 3.05) is 20.3 Å². The molecule has 3 rings (SSSR count). The van der Waals surface area contributed by atoms with Crippen molar-refractivity contribution in [3.8, 4) is 17.0 Å². The summed E-state index contributed by atoms with van der Waals surface area (Å²) in [4.78, 5) is 24.3. The summed E-state index contributed by atoms with van der Waals surface area (Å²) >= 11 is 0. The fourth-order valence-corrected chi connectivity index (χ4v) is 2.76. The van der Waals surface area contributed by atoms with Gasteiger partial charge in [-0.05, 0) is 12.8 Å². The summed E-state index contributed by atoms with van der Waals surface area (Å²) in [6, 6.07) is 10.7. The summed E-state index contributed by atoms with van der Waals surface area (Å²) in [6.07, 6.45) is 2.02. The quantitative estimate of drug-likeness (QED) is 0.853. The van der Waals surface area contributed by atoms with Crippen LogP contribution in [0.1, 0.15) is 12.8 Å². The predicted octanol–water partition coefficient (Wildman–Crippen LogP) is 1.21. The molecule has 2 heterocycles. The number of benzene rings is 1. The highest BCUT2D eigenvalue weighted by molar-refractivity contribution is 5.75. The first-order valence-corrected chi connectivity index (χ1v) is 8.27. The standard InChI is InChI=1S/C18H21N3O4/c1-24-15-10-17(23)21(20-18(15)13-6-3-2-4-7-13)12-16(22)19-11-14-8-5-9-25-14/h2-4,6-7,10,14H,5,8-9,11-12H2,1H3,(H,19,22)/t14-/m1/s1. The Morgan fingerprint density at radius 1 is 1.40 bits per heavy atom. The minimum absolute atomic E-state index is 0.0596. The predicted molar refractivity (Wildman–Crippen MR) is 92.5 cm³/mol. The van der Waals surface area contributed by atoms with Crippen LogP contribution in [0.3, 0.4) is 0 Å². The Bertz CT molecular complexity index is 783. The second-order valence-corrected chi connectivity index (χ2v) is 5.86. The normalized spacial score (nSPS) is 16.6. The number of ether oxygens (including phenoxy) is 2. The van der Waals surface area contributed by atoms with E-state index in [1.807, 2.05) is 30.3 Å². The Balaban J connectivity index is 1.76. The molecule has 1 aliphatic heterocycles. The van der Waals surface area contributed by atoms with Crippen molar-refractivity contribution in [3.05, 3.63) is 46.8 Å². The van der Waals surface area contributed by atoms with Gasteiger partial charge in [-0.25, -0.2) is 4.68 Å². The van der Waals surface area contributed by atoms with E-state index in [4.69, 9.17) is 9.47 Å². The molecule has 0 aliphatic carbocycles. The van der Waals surface area contributed by atoms with Gasteiger partial charge in [0.25, 0.3) is 5.56 Å². The number of carbonyl (C=O) groups excluding carboxylic acids is 1. The van der Waals surface area contributed by atoms with Crippen LogP contribution in [0.5, 0.6) is 5.75 Å². The van der Waals surface area contributed by atoms with Gasteiger partial charge in [-0.2, -0.15) is 5.10 Å². The summed E-state index contributed by atoms with van der Waals surface area (Å²) in [5.74, 6) is 0.112. The number of aromatic nitrogens is 2. The highest BCUT2D eigenvalue weighted by atomic mass is 16.5. The van der Waals surface area contributed by atoms with Gasteiger partial charge in [0.05, 0.1) is 13.2 Å². The molecule has 0 spiro atoms. The van der Waals surface area contributed by atoms with Crippen LogP contribution in [0.4, 0.5) is 0 Å². The second-order valence-electron chi connectivity index (χ2n) is 5.86. The lowest BCUT2D eigenvalue weighted by molar-refractivity contribution is -0.122. The van der Waals surface area contributed by atoms with Gasteiger partial charge in [-0.1, -0.05) is 30.3 Å². The summed E-state index contributed by atoms with van der Waals surface area (Å²) in [6.45, 7) is 1.05. The molecule has 1 N–H and O–H groups in total. The van der Waals surface area contributed by atoms with Crippen LogP contribution in [0.25, 0.3) is 11.3 Å². The molecule has 132 valence electrons. The average Bonchev–Trinajstić information content (AvgIpc) is 3.15. The molecule has 1 fully saturated rings. The van der Waals surface area contributed by atoms with Crippen LogP contribution in [-0.4, -0.2) is 42.1 Å². The topological polar surface area (TPSA) is 82.5 Å². The van der Waals surface area contributed by atoms with E-state index in [-0.39, 0.29) is 24.1 Å². The molecule has 0 saturated carbocycles. The second kappa shape index (κ2) is 7.94. The van der Waals surface area contributed by atoms with Crippen molar-refractivity contribution in [2.45, 2.75) is 25.5 Å². The SMILES string of the molecule is COc1cc(=O)n(CC(=O)NC[C@H]2CCCO2)nc1-c1ccccc1. The molecular formula is C18H21N3O4. The Labute approximate surface area is 145 Å². The van der Waals surface area contributed by atoms with Gasteiger partial charge in [0.15, 0.2) is 5.75 Å². The minimum atomic E-state index is -0.385. The first kappa shape index (κ1) is 17.2. The van der Waals surface area contributed by atoms with Crippen molar-refractivity contribution < 1.29 is 14.3 Å². The van der Waals surface area contributed by atoms with Gasteiger partial charge in [-0.15, -0.1) is 0 Å². The molecule has 7 nitrogen and oxygen atoms in total. The van der Waals surface area contributed by atoms with Gasteiger partial charge < -0.3 is 14.8 Å². The van der Waals surface area contributed by atoms with E-state index in [0.717, 1.165) is 29.7 Å². The van der Waals surface area contributed by atoms with Crippen LogP contribution in [-0.2, 0) is 16.1 Å². The van der Waals surface area contributed by atoms with Crippen LogP contribution in [0.2, 0.25) is 0 Å². The zero-order valence-corrected chi connectivity index (χ0v) is 14.1. The summed E-state index contributed by atoms with van der Waals surface area (Å²) < 4.78 is 11.9. The smallest absolute Gasteiger partial charge is 0.270 e. The number of hydrogen-bond donors (Lipinski definition) is 1. The van der Waals surface area contributed by atoms with Gasteiger partial charge in [0, 0.05) is 24.8 Å². The van der Waals surface area contributed by atoms with Crippen molar-refractivity contribution in [3.63, 3.8) is 0 Å². The molecule has 0 unspecified atom stereocenters. The van der Waals surface area contributed by atoms with Crippen LogP contribution in [0, 0.1) is 0 Å². The third-order valence-corrected chi connectivity index (χ3v) is 4.07. The maximum absolute atomic E-state index is 12.2. The number of nitrogens with one attached hydrogen (secondary N) is 1. The Morgan fingerprint density at radius 3 is 2.88 bits per heavy atom. The maximum atomic E-state index is 12.2. The highest BCUT2D eigenvalue weighted by Crippen LogP contribution is 2.25. The molecular weight excluding hydrogens is 322 g/mol. The lowest BCUT2D eigenvalue weighted by Crippen LogP contribution is -2.37. The molecule has 1 aromatic heterocycles. The molecule has 0 radical (unpaired) electrons. The molecule has 1 saturated heterocycles. The number of carbonyl (C=O) groups is 1. The third kappa shape index (κ3) is 4.24. The number of nitrogens with zero attached hydrogens (tertiary/aromatic N) is 2. The molecule has 1 atom stereocenters. The largest absolute Gasteiger partial charge is 0.494 e. The third-order valence-electron chi connectivity index (χ3n) is 4.07. The summed E-state index contributed by atoms with van der Waals surface area (Å²) in [5.41, 5.74) is 0.950. The first-order valence-electron chi connectivity index (χ1n) is 8.27. The average molecular weight is 343 g/mol. The van der Waals surface area contributed by atoms with E-state index >= 15 is 0 Å². The Kier molecular flexibility index (Phi) is 5.45. The number of rotatable bonds is 6. The molecule has 1 aromatic carbocycles. The zero-order chi connectivity index (χ0) is 17.6. The minimum Gasteiger partial charge on any atom is -0.494 e. The van der Waals surface area contributed by atoms with Crippen LogP contribution < -0.4 is 15.6 Å². The highest BCUT2D eigenvalue weighted by Gasteiger charge is 2.17. The number of amides is 1. The fourth-order valence-electron chi connectivity index (χ4n) is 2.76. The van der Waals surface area contributed by atoms with E-state index < -0.39 is 0 Å². The van der Waals surface area contributed by atoms with Crippen molar-refractivity contribution in [1.29, 1.82) is 0 Å². The molecule has 25 heavy (non-hydrogen) atoms. The molecule has 1 amide bonds. The van der Waals surface area contributed by atoms with E-state index in [9.17, 15) is 9.59 Å². The monoisotopic (exact) mass is 343 g/mol. The lowest BCUT2D eigenvalue weighted by Gasteiger charge is -2.13. The molecule has 1 aliphatic rings. The maximum Gasteiger partial charge on any atom is 0.270 e. The van der Waals surface area contributed by atoms with E-state index in [0.29, 0.717) is 18.0 Å². The number of methoxy groups -OCH3 is 1. The molecule has 2 aromatic rings. The van der Waals surface area contributed by atoms with Gasteiger partial charge in [0.1, 0.15) is 12.2 Å². The van der Waals surface area contributed by atoms with Crippen molar-refractivity contribution in [1.82, 2.24) is 15.1 Å². The first-order chi connectivity index (χ1) is 12.2. The summed E-state index contributed by atoms with van der Waals surface area (Å²) in [7, 11) is 1.49. The number of hydrogen-bond acceptors (Lipinski definition) is 5. The zero-order valence-electron chi connectivity index (χ0n) is 14.1. The van der Waals surface area contributed by atoms with Gasteiger partial charge in [0.2, 0.25) is 5.91 Å². The van der Waals surface area contributed by atoms with Crippen LogP contribution in [0.15, 0.2) is 41.2 Å². The summed E-state index contributed by atoms with van der Waals surface area (Å²) in [5, 5.41) is 7.11. The van der Waals surface area contributed by atoms with E-state index in [1.54, 1.807) is 0 Å². The molecule has 7 heteroatoms. The van der Waals surface area contributed by atoms with E-state index in [2.05, 4.69) is 10.4 Å². The van der Waals surface area contributed by atoms with E-state index in [1.165, 1.54) is 13.2 Å². The Hall–Kier alpha value is -2.67. The lowest BCUT2D eigenvalue weighted by atomic mass is 10.1. The molecule has 0 bridgehead atoms. The van der Waals surface area contributed by atoms with Gasteiger partial charge >= 0.3 is 0 Å². The van der Waals surface area contributed by atoms with Gasteiger partial charge in [-0.3, -0.25) is 9.59 Å². The Morgan fingerprint density at radius 2 is 2.20 bits per heavy atom. The van der Waals surface area contributed by atoms with Crippen molar-refractivity contribution >= 4 is 5.91 Å². The fraction of sp³-hybridized carbons (Fsp3) is 0.389.